The van der Waals surface area contributed by atoms with E-state index in [1.165, 1.54) is 199 Å². The number of hydrogen-bond donors (Lipinski definition) is 2. The minimum atomic E-state index is -4.76. The predicted molar refractivity (Wildman–Crippen MR) is 249 cm³/mol. The van der Waals surface area contributed by atoms with E-state index in [1.807, 2.05) is 0 Å². The lowest BCUT2D eigenvalue weighted by molar-refractivity contribution is -0.161. The molecule has 0 fully saturated rings. The largest absolute Gasteiger partial charge is 0.469 e. The first-order valence-electron chi connectivity index (χ1n) is 25.5. The van der Waals surface area contributed by atoms with E-state index in [-0.39, 0.29) is 19.4 Å². The van der Waals surface area contributed by atoms with E-state index < -0.39 is 32.5 Å². The Labute approximate surface area is 365 Å². The van der Waals surface area contributed by atoms with Gasteiger partial charge in [0.25, 0.3) is 0 Å². The van der Waals surface area contributed by atoms with Crippen molar-refractivity contribution in [2.45, 2.75) is 283 Å². The molecule has 2 N–H and O–H groups in total. The van der Waals surface area contributed by atoms with Crippen LogP contribution in [0, 0.1) is 0 Å². The van der Waals surface area contributed by atoms with Crippen molar-refractivity contribution in [3.63, 3.8) is 0 Å². The highest BCUT2D eigenvalue weighted by Gasteiger charge is 2.23. The van der Waals surface area contributed by atoms with Crippen molar-refractivity contribution in [1.29, 1.82) is 0 Å². The summed E-state index contributed by atoms with van der Waals surface area (Å²) in [6.07, 6.45) is 53.8. The molecule has 0 saturated heterocycles. The van der Waals surface area contributed by atoms with Crippen molar-refractivity contribution in [2.75, 3.05) is 13.2 Å². The van der Waals surface area contributed by atoms with Crippen LogP contribution in [0.4, 0.5) is 0 Å². The summed E-state index contributed by atoms with van der Waals surface area (Å²) in [7, 11) is -4.76. The number of allylic oxidation sites excluding steroid dienone is 2. The standard InChI is InChI=1S/C50H97O8P/c1-3-5-7-9-11-13-15-17-19-21-22-23-24-25-26-27-29-30-32-34-36-38-40-42-44-49(51)56-46-48(47-57-59(53,54)55)58-50(52)45-43-41-39-37-35-33-31-28-20-18-16-14-12-10-8-6-4-2/h18,20,48H,3-17,19,21-47H2,1-2H3,(H2,53,54,55)/b20-18-. The highest BCUT2D eigenvalue weighted by Crippen LogP contribution is 2.36. The molecule has 59 heavy (non-hydrogen) atoms. The topological polar surface area (TPSA) is 119 Å². The van der Waals surface area contributed by atoms with Gasteiger partial charge in [-0.25, -0.2) is 4.57 Å². The minimum Gasteiger partial charge on any atom is -0.462 e. The fraction of sp³-hybridized carbons (Fsp3) is 0.920. The van der Waals surface area contributed by atoms with Gasteiger partial charge in [-0.15, -0.1) is 0 Å². The molecular weight excluding hydrogens is 760 g/mol. The van der Waals surface area contributed by atoms with Gasteiger partial charge in [0, 0.05) is 12.8 Å². The molecule has 0 aromatic carbocycles. The van der Waals surface area contributed by atoms with E-state index >= 15 is 0 Å². The zero-order valence-corrected chi connectivity index (χ0v) is 39.8. The van der Waals surface area contributed by atoms with Crippen LogP contribution < -0.4 is 0 Å². The zero-order chi connectivity index (χ0) is 43.2. The van der Waals surface area contributed by atoms with E-state index in [4.69, 9.17) is 19.3 Å². The molecular formula is C50H97O8P. The Morgan fingerprint density at radius 3 is 1.03 bits per heavy atom. The summed E-state index contributed by atoms with van der Waals surface area (Å²) in [5.74, 6) is -0.872. The first-order valence-corrected chi connectivity index (χ1v) is 27.0. The molecule has 0 bridgehead atoms. The van der Waals surface area contributed by atoms with Crippen LogP contribution in [0.15, 0.2) is 12.2 Å². The van der Waals surface area contributed by atoms with Gasteiger partial charge in [-0.3, -0.25) is 14.1 Å². The molecule has 1 unspecified atom stereocenters. The number of esters is 2. The maximum absolute atomic E-state index is 12.5. The van der Waals surface area contributed by atoms with E-state index in [0.717, 1.165) is 44.9 Å². The molecule has 0 aromatic heterocycles. The van der Waals surface area contributed by atoms with Crippen LogP contribution in [-0.4, -0.2) is 41.0 Å². The van der Waals surface area contributed by atoms with Gasteiger partial charge in [0.05, 0.1) is 6.61 Å². The molecule has 0 rings (SSSR count). The Morgan fingerprint density at radius 1 is 0.424 bits per heavy atom. The predicted octanol–water partition coefficient (Wildman–Crippen LogP) is 16.1. The van der Waals surface area contributed by atoms with Crippen LogP contribution in [0.2, 0.25) is 0 Å². The second kappa shape index (κ2) is 46.3. The summed E-state index contributed by atoms with van der Waals surface area (Å²) in [4.78, 5) is 43.1. The molecule has 0 amide bonds. The van der Waals surface area contributed by atoms with Crippen molar-refractivity contribution in [3.8, 4) is 0 Å². The van der Waals surface area contributed by atoms with E-state index in [0.29, 0.717) is 6.42 Å². The Hall–Kier alpha value is -1.21. The van der Waals surface area contributed by atoms with Crippen molar-refractivity contribution in [1.82, 2.24) is 0 Å². The summed E-state index contributed by atoms with van der Waals surface area (Å²) in [6, 6.07) is 0. The summed E-state index contributed by atoms with van der Waals surface area (Å²) in [6.45, 7) is 3.73. The summed E-state index contributed by atoms with van der Waals surface area (Å²) in [5.41, 5.74) is 0. The fourth-order valence-electron chi connectivity index (χ4n) is 7.72. The van der Waals surface area contributed by atoms with E-state index in [1.54, 1.807) is 0 Å². The molecule has 0 aliphatic carbocycles. The molecule has 0 saturated carbocycles. The third-order valence-electron chi connectivity index (χ3n) is 11.5. The molecule has 350 valence electrons. The lowest BCUT2D eigenvalue weighted by Gasteiger charge is -2.18. The average Bonchev–Trinajstić information content (AvgIpc) is 3.21. The summed E-state index contributed by atoms with van der Waals surface area (Å²) < 4.78 is 26.5. The molecule has 9 heteroatoms. The zero-order valence-electron chi connectivity index (χ0n) is 38.9. The molecule has 8 nitrogen and oxygen atoms in total. The number of hydrogen-bond acceptors (Lipinski definition) is 6. The van der Waals surface area contributed by atoms with Crippen LogP contribution in [0.25, 0.3) is 0 Å². The van der Waals surface area contributed by atoms with Gasteiger partial charge in [-0.1, -0.05) is 238 Å². The van der Waals surface area contributed by atoms with Gasteiger partial charge in [0.1, 0.15) is 6.61 Å². The van der Waals surface area contributed by atoms with Crippen LogP contribution in [-0.2, 0) is 28.2 Å². The molecule has 0 aliphatic rings. The molecule has 0 heterocycles. The number of rotatable bonds is 48. The molecule has 1 atom stereocenters. The maximum atomic E-state index is 12.5. The summed E-state index contributed by atoms with van der Waals surface area (Å²) >= 11 is 0. The molecule has 0 radical (unpaired) electrons. The maximum Gasteiger partial charge on any atom is 0.469 e. The molecule has 0 spiro atoms. The number of phosphoric ester groups is 1. The first-order chi connectivity index (χ1) is 28.8. The van der Waals surface area contributed by atoms with Crippen molar-refractivity contribution in [2.24, 2.45) is 0 Å². The molecule has 0 aliphatic heterocycles. The number of phosphoric acid groups is 1. The smallest absolute Gasteiger partial charge is 0.462 e. The van der Waals surface area contributed by atoms with Crippen molar-refractivity contribution < 1.29 is 37.9 Å². The normalized spacial score (nSPS) is 12.4. The minimum absolute atomic E-state index is 0.212. The number of unbranched alkanes of at least 4 members (excludes halogenated alkanes) is 36. The number of carbonyl (C=O) groups excluding carboxylic acids is 2. The monoisotopic (exact) mass is 857 g/mol. The fourth-order valence-corrected chi connectivity index (χ4v) is 8.09. The van der Waals surface area contributed by atoms with E-state index in [9.17, 15) is 14.2 Å². The van der Waals surface area contributed by atoms with Crippen molar-refractivity contribution >= 4 is 19.8 Å². The highest BCUT2D eigenvalue weighted by atomic mass is 31.2. The summed E-state index contributed by atoms with van der Waals surface area (Å²) in [5, 5.41) is 0. The van der Waals surface area contributed by atoms with Gasteiger partial charge in [0.2, 0.25) is 0 Å². The van der Waals surface area contributed by atoms with Crippen LogP contribution in [0.1, 0.15) is 277 Å². The van der Waals surface area contributed by atoms with Gasteiger partial charge in [-0.05, 0) is 38.5 Å². The second-order valence-electron chi connectivity index (χ2n) is 17.5. The lowest BCUT2D eigenvalue weighted by Crippen LogP contribution is -2.29. The van der Waals surface area contributed by atoms with Gasteiger partial charge in [0.15, 0.2) is 6.10 Å². The second-order valence-corrected chi connectivity index (χ2v) is 18.7. The van der Waals surface area contributed by atoms with Crippen LogP contribution in [0.5, 0.6) is 0 Å². The van der Waals surface area contributed by atoms with Crippen LogP contribution in [0.3, 0.4) is 0 Å². The van der Waals surface area contributed by atoms with Crippen LogP contribution >= 0.6 is 7.82 Å². The Bertz CT molecular complexity index is 967. The Kier molecular flexibility index (Phi) is 45.3. The average molecular weight is 857 g/mol. The molecule has 0 aromatic rings. The third-order valence-corrected chi connectivity index (χ3v) is 12.0. The number of ether oxygens (including phenoxy) is 2. The van der Waals surface area contributed by atoms with Gasteiger partial charge < -0.3 is 19.3 Å². The van der Waals surface area contributed by atoms with Crippen molar-refractivity contribution in [3.05, 3.63) is 12.2 Å². The SMILES string of the molecule is CCCCCCCC/C=C\CCCCCCCCCC(=O)OC(COC(=O)CCCCCCCCCCCCCCCCCCCCCCCCCC)COP(=O)(O)O. The lowest BCUT2D eigenvalue weighted by atomic mass is 10.0. The quantitative estimate of drug-likeness (QED) is 0.0269. The Balaban J connectivity index is 3.75. The Morgan fingerprint density at radius 2 is 0.712 bits per heavy atom. The van der Waals surface area contributed by atoms with Gasteiger partial charge in [-0.2, -0.15) is 0 Å². The number of carbonyl (C=O) groups is 2. The third kappa shape index (κ3) is 49.3. The highest BCUT2D eigenvalue weighted by molar-refractivity contribution is 7.46. The van der Waals surface area contributed by atoms with Gasteiger partial charge >= 0.3 is 19.8 Å². The van der Waals surface area contributed by atoms with E-state index in [2.05, 4.69) is 30.5 Å². The first kappa shape index (κ1) is 57.8.